The molecule has 2 rings (SSSR count). The molecule has 0 amide bonds. The quantitative estimate of drug-likeness (QED) is 0.830. The number of hydrogen-bond acceptors (Lipinski definition) is 3. The van der Waals surface area contributed by atoms with Crippen molar-refractivity contribution < 1.29 is 0 Å². The lowest BCUT2D eigenvalue weighted by molar-refractivity contribution is 0.763. The molecule has 0 aliphatic rings. The van der Waals surface area contributed by atoms with E-state index >= 15 is 0 Å². The molecule has 3 nitrogen and oxygen atoms in total. The summed E-state index contributed by atoms with van der Waals surface area (Å²) in [6.07, 6.45) is 3.91. The van der Waals surface area contributed by atoms with Crippen LogP contribution in [0.25, 0.3) is 0 Å². The van der Waals surface area contributed by atoms with Gasteiger partial charge in [-0.25, -0.2) is 0 Å². The van der Waals surface area contributed by atoms with Gasteiger partial charge in [-0.2, -0.15) is 16.4 Å². The molecule has 0 saturated heterocycles. The summed E-state index contributed by atoms with van der Waals surface area (Å²) in [5.41, 5.74) is 8.24. The number of nitrogens with two attached hydrogens (primary N) is 1. The van der Waals surface area contributed by atoms with Crippen LogP contribution in [-0.2, 0) is 7.05 Å². The third-order valence-corrected chi connectivity index (χ3v) is 3.01. The van der Waals surface area contributed by atoms with Crippen molar-refractivity contribution in [1.82, 2.24) is 9.78 Å². The van der Waals surface area contributed by atoms with Gasteiger partial charge >= 0.3 is 0 Å². The summed E-state index contributed by atoms with van der Waals surface area (Å²) in [5.74, 6) is 0.287. The van der Waals surface area contributed by atoms with E-state index in [9.17, 15) is 0 Å². The van der Waals surface area contributed by atoms with Gasteiger partial charge in [-0.05, 0) is 28.0 Å². The minimum absolute atomic E-state index is 0.287. The average Bonchev–Trinajstić information content (AvgIpc) is 2.79. The second kappa shape index (κ2) is 3.94. The SMILES string of the molecule is Cn1cc(C(CN)c2ccsc2)cn1. The molecule has 2 N–H and O–H groups in total. The predicted molar refractivity (Wildman–Crippen MR) is 58.4 cm³/mol. The summed E-state index contributed by atoms with van der Waals surface area (Å²) in [5, 5.41) is 8.38. The zero-order valence-corrected chi connectivity index (χ0v) is 8.87. The van der Waals surface area contributed by atoms with Crippen LogP contribution in [0.3, 0.4) is 0 Å². The first-order chi connectivity index (χ1) is 6.81. The molecule has 0 bridgehead atoms. The van der Waals surface area contributed by atoms with Crippen molar-refractivity contribution in [2.24, 2.45) is 12.8 Å². The Morgan fingerprint density at radius 3 is 2.93 bits per heavy atom. The van der Waals surface area contributed by atoms with Crippen molar-refractivity contribution in [2.45, 2.75) is 5.92 Å². The van der Waals surface area contributed by atoms with E-state index in [1.54, 1.807) is 11.3 Å². The molecular weight excluding hydrogens is 194 g/mol. The van der Waals surface area contributed by atoms with Crippen LogP contribution in [0.15, 0.2) is 29.2 Å². The van der Waals surface area contributed by atoms with Crippen molar-refractivity contribution in [3.05, 3.63) is 40.3 Å². The first-order valence-electron chi connectivity index (χ1n) is 4.52. The maximum Gasteiger partial charge on any atom is 0.0528 e. The van der Waals surface area contributed by atoms with Gasteiger partial charge in [0.15, 0.2) is 0 Å². The van der Waals surface area contributed by atoms with Crippen molar-refractivity contribution >= 4 is 11.3 Å². The summed E-state index contributed by atoms with van der Waals surface area (Å²) >= 11 is 1.70. The molecule has 1 atom stereocenters. The third kappa shape index (κ3) is 1.71. The Morgan fingerprint density at radius 2 is 2.43 bits per heavy atom. The van der Waals surface area contributed by atoms with E-state index in [-0.39, 0.29) is 5.92 Å². The van der Waals surface area contributed by atoms with E-state index in [0.717, 1.165) is 0 Å². The molecule has 0 saturated carbocycles. The highest BCUT2D eigenvalue weighted by molar-refractivity contribution is 7.08. The molecule has 0 spiro atoms. The number of hydrogen-bond donors (Lipinski definition) is 1. The number of aryl methyl sites for hydroxylation is 1. The lowest BCUT2D eigenvalue weighted by Crippen LogP contribution is -2.12. The van der Waals surface area contributed by atoms with Crippen LogP contribution in [0.2, 0.25) is 0 Å². The monoisotopic (exact) mass is 207 g/mol. The lowest BCUT2D eigenvalue weighted by Gasteiger charge is -2.10. The Morgan fingerprint density at radius 1 is 1.57 bits per heavy atom. The van der Waals surface area contributed by atoms with E-state index in [4.69, 9.17) is 5.73 Å². The molecule has 0 aliphatic heterocycles. The number of thiophene rings is 1. The van der Waals surface area contributed by atoms with Gasteiger partial charge in [0.2, 0.25) is 0 Å². The molecule has 2 heterocycles. The Balaban J connectivity index is 2.31. The van der Waals surface area contributed by atoms with Gasteiger partial charge in [0, 0.05) is 25.7 Å². The van der Waals surface area contributed by atoms with Gasteiger partial charge in [-0.3, -0.25) is 4.68 Å². The first-order valence-corrected chi connectivity index (χ1v) is 5.46. The fourth-order valence-electron chi connectivity index (χ4n) is 1.56. The highest BCUT2D eigenvalue weighted by Gasteiger charge is 2.13. The number of rotatable bonds is 3. The van der Waals surface area contributed by atoms with Crippen LogP contribution in [0.4, 0.5) is 0 Å². The molecule has 0 fully saturated rings. The van der Waals surface area contributed by atoms with Crippen molar-refractivity contribution in [1.29, 1.82) is 0 Å². The van der Waals surface area contributed by atoms with Crippen LogP contribution in [0, 0.1) is 0 Å². The van der Waals surface area contributed by atoms with Crippen molar-refractivity contribution in [3.63, 3.8) is 0 Å². The fraction of sp³-hybridized carbons (Fsp3) is 0.300. The third-order valence-electron chi connectivity index (χ3n) is 2.31. The molecular formula is C10H13N3S. The van der Waals surface area contributed by atoms with Crippen LogP contribution in [-0.4, -0.2) is 16.3 Å². The maximum atomic E-state index is 5.77. The van der Waals surface area contributed by atoms with Crippen LogP contribution in [0.5, 0.6) is 0 Å². The highest BCUT2D eigenvalue weighted by atomic mass is 32.1. The number of nitrogens with zero attached hydrogens (tertiary/aromatic N) is 2. The fourth-order valence-corrected chi connectivity index (χ4v) is 2.27. The molecule has 0 radical (unpaired) electrons. The second-order valence-corrected chi connectivity index (χ2v) is 4.07. The molecule has 4 heteroatoms. The van der Waals surface area contributed by atoms with Gasteiger partial charge in [0.25, 0.3) is 0 Å². The highest BCUT2D eigenvalue weighted by Crippen LogP contribution is 2.24. The Hall–Kier alpha value is -1.13. The zero-order chi connectivity index (χ0) is 9.97. The maximum absolute atomic E-state index is 5.77. The van der Waals surface area contributed by atoms with Crippen molar-refractivity contribution in [3.8, 4) is 0 Å². The molecule has 74 valence electrons. The number of aromatic nitrogens is 2. The van der Waals surface area contributed by atoms with Gasteiger partial charge < -0.3 is 5.73 Å². The minimum Gasteiger partial charge on any atom is -0.330 e. The van der Waals surface area contributed by atoms with Gasteiger partial charge in [-0.15, -0.1) is 0 Å². The van der Waals surface area contributed by atoms with E-state index in [1.807, 2.05) is 24.1 Å². The summed E-state index contributed by atoms with van der Waals surface area (Å²) in [6, 6.07) is 2.12. The topological polar surface area (TPSA) is 43.8 Å². The standard InChI is InChI=1S/C10H13N3S/c1-13-6-9(5-12-13)10(4-11)8-2-3-14-7-8/h2-3,5-7,10H,4,11H2,1H3. The molecule has 2 aromatic heterocycles. The average molecular weight is 207 g/mol. The zero-order valence-electron chi connectivity index (χ0n) is 8.05. The molecule has 0 aromatic carbocycles. The Kier molecular flexibility index (Phi) is 2.65. The van der Waals surface area contributed by atoms with Crippen LogP contribution < -0.4 is 5.73 Å². The summed E-state index contributed by atoms with van der Waals surface area (Å²) in [7, 11) is 1.92. The predicted octanol–water partition coefficient (Wildman–Crippen LogP) is 1.57. The van der Waals surface area contributed by atoms with E-state index in [0.29, 0.717) is 6.54 Å². The lowest BCUT2D eigenvalue weighted by atomic mass is 9.96. The van der Waals surface area contributed by atoms with Crippen LogP contribution >= 0.6 is 11.3 Å². The molecule has 14 heavy (non-hydrogen) atoms. The van der Waals surface area contributed by atoms with Crippen LogP contribution in [0.1, 0.15) is 17.0 Å². The van der Waals surface area contributed by atoms with E-state index in [1.165, 1.54) is 11.1 Å². The Labute approximate surface area is 87.2 Å². The molecule has 0 aliphatic carbocycles. The summed E-state index contributed by atoms with van der Waals surface area (Å²) < 4.78 is 1.81. The summed E-state index contributed by atoms with van der Waals surface area (Å²) in [6.45, 7) is 0.627. The van der Waals surface area contributed by atoms with E-state index in [2.05, 4.69) is 21.9 Å². The molecule has 2 aromatic rings. The minimum atomic E-state index is 0.287. The largest absolute Gasteiger partial charge is 0.330 e. The van der Waals surface area contributed by atoms with Gasteiger partial charge in [0.05, 0.1) is 6.20 Å². The van der Waals surface area contributed by atoms with Crippen molar-refractivity contribution in [2.75, 3.05) is 6.54 Å². The molecule has 1 unspecified atom stereocenters. The van der Waals surface area contributed by atoms with Gasteiger partial charge in [0.1, 0.15) is 0 Å². The summed E-state index contributed by atoms with van der Waals surface area (Å²) in [4.78, 5) is 0. The smallest absolute Gasteiger partial charge is 0.0528 e. The van der Waals surface area contributed by atoms with Gasteiger partial charge in [-0.1, -0.05) is 0 Å². The van der Waals surface area contributed by atoms with E-state index < -0.39 is 0 Å². The second-order valence-electron chi connectivity index (χ2n) is 3.29. The Bertz CT molecular complexity index is 391. The first kappa shape index (κ1) is 9.43. The normalized spacial score (nSPS) is 13.0.